The number of hydrogen-bond acceptors (Lipinski definition) is 4. The Hall–Kier alpha value is 0.230. The van der Waals surface area contributed by atoms with Crippen LogP contribution in [0.1, 0.15) is 32.6 Å². The Labute approximate surface area is 115 Å². The van der Waals surface area contributed by atoms with Crippen LogP contribution in [0.3, 0.4) is 0 Å². The molecule has 3 atom stereocenters. The Kier molecular flexibility index (Phi) is 5.80. The largest absolute Gasteiger partial charge is 0.383 e. The van der Waals surface area contributed by atoms with Gasteiger partial charge in [-0.05, 0) is 43.9 Å². The van der Waals surface area contributed by atoms with Gasteiger partial charge in [0.1, 0.15) is 0 Å². The number of rotatable bonds is 6. The average molecular weight is 273 g/mol. The smallest absolute Gasteiger partial charge is 0.0783 e. The van der Waals surface area contributed by atoms with Crippen molar-refractivity contribution in [1.29, 1.82) is 0 Å². The van der Waals surface area contributed by atoms with E-state index in [0.29, 0.717) is 12.0 Å². The molecule has 0 aromatic heterocycles. The third-order valence-electron chi connectivity index (χ3n) is 4.17. The van der Waals surface area contributed by atoms with Crippen molar-refractivity contribution in [2.45, 2.75) is 44.2 Å². The summed E-state index contributed by atoms with van der Waals surface area (Å²) in [7, 11) is 1.81. The van der Waals surface area contributed by atoms with E-state index in [0.717, 1.165) is 19.8 Å². The van der Waals surface area contributed by atoms with E-state index in [1.807, 2.05) is 11.8 Å². The summed E-state index contributed by atoms with van der Waals surface area (Å²) in [5.41, 5.74) is 0.188. The molecule has 3 nitrogen and oxygen atoms in total. The maximum atomic E-state index is 6.10. The average Bonchev–Trinajstić information content (AvgIpc) is 2.82. The lowest BCUT2D eigenvalue weighted by Gasteiger charge is -2.41. The van der Waals surface area contributed by atoms with Crippen LogP contribution in [-0.4, -0.2) is 50.0 Å². The fourth-order valence-electron chi connectivity index (χ4n) is 3.14. The molecule has 0 aliphatic carbocycles. The van der Waals surface area contributed by atoms with Gasteiger partial charge in [0.2, 0.25) is 0 Å². The van der Waals surface area contributed by atoms with Crippen LogP contribution in [-0.2, 0) is 9.47 Å². The highest BCUT2D eigenvalue weighted by Crippen LogP contribution is 2.41. The summed E-state index contributed by atoms with van der Waals surface area (Å²) in [6.07, 6.45) is 4.81. The minimum absolute atomic E-state index is 0.188. The van der Waals surface area contributed by atoms with Crippen molar-refractivity contribution in [1.82, 2.24) is 5.32 Å². The Balaban J connectivity index is 1.91. The minimum Gasteiger partial charge on any atom is -0.383 e. The van der Waals surface area contributed by atoms with Crippen LogP contribution in [0.2, 0.25) is 0 Å². The number of nitrogens with one attached hydrogen (secondary N) is 1. The molecule has 0 aromatic rings. The highest BCUT2D eigenvalue weighted by molar-refractivity contribution is 7.99. The molecule has 2 aliphatic heterocycles. The van der Waals surface area contributed by atoms with Gasteiger partial charge in [0, 0.05) is 25.5 Å². The van der Waals surface area contributed by atoms with Crippen LogP contribution in [0.4, 0.5) is 0 Å². The molecule has 0 bridgehead atoms. The minimum atomic E-state index is 0.188. The zero-order valence-electron chi connectivity index (χ0n) is 11.7. The maximum absolute atomic E-state index is 6.10. The summed E-state index contributed by atoms with van der Waals surface area (Å²) >= 11 is 2.05. The lowest BCUT2D eigenvalue weighted by atomic mass is 9.81. The van der Waals surface area contributed by atoms with Crippen LogP contribution < -0.4 is 5.32 Å². The summed E-state index contributed by atoms with van der Waals surface area (Å²) in [6.45, 7) is 5.07. The molecule has 2 rings (SSSR count). The summed E-state index contributed by atoms with van der Waals surface area (Å²) in [6, 6.07) is 0.501. The number of ether oxygens (including phenoxy) is 2. The van der Waals surface area contributed by atoms with E-state index in [2.05, 4.69) is 12.2 Å². The molecule has 4 heteroatoms. The van der Waals surface area contributed by atoms with Crippen LogP contribution in [0, 0.1) is 5.92 Å². The molecule has 2 fully saturated rings. The molecular formula is C14H27NO2S. The highest BCUT2D eigenvalue weighted by atomic mass is 32.2. The van der Waals surface area contributed by atoms with Gasteiger partial charge in [-0.1, -0.05) is 6.92 Å². The number of methoxy groups -OCH3 is 1. The quantitative estimate of drug-likeness (QED) is 0.804. The van der Waals surface area contributed by atoms with E-state index in [1.165, 1.54) is 37.2 Å². The van der Waals surface area contributed by atoms with Crippen LogP contribution in [0.15, 0.2) is 0 Å². The second-order valence-electron chi connectivity index (χ2n) is 5.60. The Morgan fingerprint density at radius 2 is 2.44 bits per heavy atom. The van der Waals surface area contributed by atoms with Gasteiger partial charge in [0.15, 0.2) is 0 Å². The van der Waals surface area contributed by atoms with Gasteiger partial charge in [-0.3, -0.25) is 0 Å². The first-order valence-electron chi connectivity index (χ1n) is 7.24. The molecule has 0 saturated carbocycles. The maximum Gasteiger partial charge on any atom is 0.0783 e. The lowest BCUT2D eigenvalue weighted by molar-refractivity contribution is -0.0885. The fraction of sp³-hybridized carbons (Fsp3) is 1.00. The van der Waals surface area contributed by atoms with Crippen molar-refractivity contribution in [3.63, 3.8) is 0 Å². The topological polar surface area (TPSA) is 30.5 Å². The van der Waals surface area contributed by atoms with Crippen LogP contribution >= 0.6 is 11.8 Å². The van der Waals surface area contributed by atoms with E-state index in [4.69, 9.17) is 9.47 Å². The van der Waals surface area contributed by atoms with Gasteiger partial charge in [0.05, 0.1) is 12.2 Å². The first kappa shape index (κ1) is 14.6. The third kappa shape index (κ3) is 3.62. The van der Waals surface area contributed by atoms with Crippen LogP contribution in [0.25, 0.3) is 0 Å². The van der Waals surface area contributed by atoms with Crippen molar-refractivity contribution in [3.05, 3.63) is 0 Å². The lowest BCUT2D eigenvalue weighted by Crippen LogP contribution is -2.48. The van der Waals surface area contributed by atoms with E-state index in [9.17, 15) is 0 Å². The van der Waals surface area contributed by atoms with E-state index in [1.54, 1.807) is 7.11 Å². The number of hydrogen-bond donors (Lipinski definition) is 1. The Bertz CT molecular complexity index is 244. The first-order chi connectivity index (χ1) is 8.79. The van der Waals surface area contributed by atoms with Crippen molar-refractivity contribution in [3.8, 4) is 0 Å². The molecule has 3 unspecified atom stereocenters. The zero-order chi connectivity index (χ0) is 12.8. The van der Waals surface area contributed by atoms with E-state index >= 15 is 0 Å². The Morgan fingerprint density at radius 1 is 1.56 bits per heavy atom. The fourth-order valence-corrected chi connectivity index (χ4v) is 4.52. The zero-order valence-corrected chi connectivity index (χ0v) is 12.6. The third-order valence-corrected chi connectivity index (χ3v) is 5.39. The monoisotopic (exact) mass is 273 g/mol. The van der Waals surface area contributed by atoms with Gasteiger partial charge in [-0.25, -0.2) is 0 Å². The van der Waals surface area contributed by atoms with Gasteiger partial charge >= 0.3 is 0 Å². The molecule has 0 aromatic carbocycles. The van der Waals surface area contributed by atoms with Gasteiger partial charge in [-0.2, -0.15) is 11.8 Å². The predicted octanol–water partition coefficient (Wildman–Crippen LogP) is 2.30. The van der Waals surface area contributed by atoms with Crippen molar-refractivity contribution in [2.24, 2.45) is 5.92 Å². The normalized spacial score (nSPS) is 34.0. The molecule has 2 heterocycles. The summed E-state index contributed by atoms with van der Waals surface area (Å²) < 4.78 is 11.5. The molecule has 0 radical (unpaired) electrons. The molecule has 18 heavy (non-hydrogen) atoms. The van der Waals surface area contributed by atoms with Gasteiger partial charge in [-0.15, -0.1) is 0 Å². The van der Waals surface area contributed by atoms with Crippen molar-refractivity contribution in [2.75, 3.05) is 38.4 Å². The SMILES string of the molecule is CCCNC(COC)C1CCOC2(CCSC2)C1. The van der Waals surface area contributed by atoms with Crippen LogP contribution in [0.5, 0.6) is 0 Å². The molecule has 0 amide bonds. The molecule has 2 aliphatic rings. The second kappa shape index (κ2) is 7.13. The second-order valence-corrected chi connectivity index (χ2v) is 6.71. The summed E-state index contributed by atoms with van der Waals surface area (Å²) in [4.78, 5) is 0. The highest BCUT2D eigenvalue weighted by Gasteiger charge is 2.42. The van der Waals surface area contributed by atoms with Crippen molar-refractivity contribution < 1.29 is 9.47 Å². The summed E-state index contributed by atoms with van der Waals surface area (Å²) in [5, 5.41) is 3.66. The molecular weight excluding hydrogens is 246 g/mol. The van der Waals surface area contributed by atoms with E-state index < -0.39 is 0 Å². The van der Waals surface area contributed by atoms with Gasteiger partial charge < -0.3 is 14.8 Å². The molecule has 1 spiro atoms. The van der Waals surface area contributed by atoms with Gasteiger partial charge in [0.25, 0.3) is 0 Å². The standard InChI is InChI=1S/C14H27NO2S/c1-3-6-15-13(10-16-2)12-4-7-17-14(9-12)5-8-18-11-14/h12-13,15H,3-11H2,1-2H3. The number of thioether (sulfide) groups is 1. The molecule has 106 valence electrons. The Morgan fingerprint density at radius 3 is 3.11 bits per heavy atom. The molecule has 1 N–H and O–H groups in total. The van der Waals surface area contributed by atoms with Crippen molar-refractivity contribution >= 4 is 11.8 Å². The van der Waals surface area contributed by atoms with E-state index in [-0.39, 0.29) is 5.60 Å². The summed E-state index contributed by atoms with van der Waals surface area (Å²) in [5.74, 6) is 3.17. The molecule has 2 saturated heterocycles. The predicted molar refractivity (Wildman–Crippen MR) is 77.3 cm³/mol. The first-order valence-corrected chi connectivity index (χ1v) is 8.39.